The molecule has 1 amide bonds. The van der Waals surface area contributed by atoms with E-state index in [-0.39, 0.29) is 16.4 Å². The number of carbonyl (C=O) groups is 2. The van der Waals surface area contributed by atoms with Gasteiger partial charge < -0.3 is 14.8 Å². The number of sulfone groups is 1. The van der Waals surface area contributed by atoms with Gasteiger partial charge in [0.15, 0.2) is 16.4 Å². The Morgan fingerprint density at radius 1 is 1.19 bits per heavy atom. The normalized spacial score (nSPS) is 21.7. The van der Waals surface area contributed by atoms with Crippen LogP contribution in [0.1, 0.15) is 12.0 Å². The van der Waals surface area contributed by atoms with E-state index in [1.165, 1.54) is 22.5 Å². The van der Waals surface area contributed by atoms with Crippen LogP contribution in [0.2, 0.25) is 0 Å². The van der Waals surface area contributed by atoms with Gasteiger partial charge in [-0.05, 0) is 30.2 Å². The van der Waals surface area contributed by atoms with Crippen molar-refractivity contribution in [2.45, 2.75) is 17.4 Å². The zero-order valence-electron chi connectivity index (χ0n) is 16.7. The number of carbonyl (C=O) groups excluding carboxylic acids is 2. The lowest BCUT2D eigenvalue weighted by molar-refractivity contribution is -0.143. The molecule has 170 valence electrons. The average Bonchev–Trinajstić information content (AvgIpc) is 3.09. The molecule has 2 aliphatic heterocycles. The number of morpholine rings is 1. The van der Waals surface area contributed by atoms with E-state index >= 15 is 0 Å². The van der Waals surface area contributed by atoms with E-state index in [1.54, 1.807) is 12.1 Å². The summed E-state index contributed by atoms with van der Waals surface area (Å²) in [5, 5.41) is 2.52. The molecule has 12 heteroatoms. The van der Waals surface area contributed by atoms with Crippen LogP contribution in [0.4, 0.5) is 0 Å². The van der Waals surface area contributed by atoms with Crippen molar-refractivity contribution in [1.82, 2.24) is 9.62 Å². The van der Waals surface area contributed by atoms with Crippen molar-refractivity contribution >= 4 is 37.8 Å². The third kappa shape index (κ3) is 6.60. The molecule has 31 heavy (non-hydrogen) atoms. The lowest BCUT2D eigenvalue weighted by Gasteiger charge is -2.26. The van der Waals surface area contributed by atoms with E-state index in [1.807, 2.05) is 0 Å². The largest absolute Gasteiger partial charge is 0.452 e. The molecule has 1 aromatic carbocycles. The van der Waals surface area contributed by atoms with Crippen molar-refractivity contribution in [1.29, 1.82) is 0 Å². The van der Waals surface area contributed by atoms with Gasteiger partial charge in [0.1, 0.15) is 0 Å². The predicted octanol–water partition coefficient (Wildman–Crippen LogP) is -0.433. The van der Waals surface area contributed by atoms with Crippen molar-refractivity contribution in [2.24, 2.45) is 0 Å². The minimum absolute atomic E-state index is 0.0347. The molecule has 2 fully saturated rings. The zero-order valence-corrected chi connectivity index (χ0v) is 18.4. The number of ether oxygens (including phenoxy) is 2. The van der Waals surface area contributed by atoms with Crippen LogP contribution >= 0.6 is 0 Å². The summed E-state index contributed by atoms with van der Waals surface area (Å²) in [5.41, 5.74) is 0.582. The second kappa shape index (κ2) is 9.90. The number of hydrogen-bond acceptors (Lipinski definition) is 8. The van der Waals surface area contributed by atoms with Gasteiger partial charge in [0, 0.05) is 25.2 Å². The summed E-state index contributed by atoms with van der Waals surface area (Å²) in [7, 11) is -6.70. The summed E-state index contributed by atoms with van der Waals surface area (Å²) >= 11 is 0. The number of nitrogens with zero attached hydrogens (tertiary/aromatic N) is 1. The predicted molar refractivity (Wildman–Crippen MR) is 111 cm³/mol. The van der Waals surface area contributed by atoms with Gasteiger partial charge in [0.05, 0.1) is 29.6 Å². The van der Waals surface area contributed by atoms with E-state index in [9.17, 15) is 26.4 Å². The molecule has 10 nitrogen and oxygen atoms in total. The molecule has 1 aromatic rings. The number of sulfonamides is 1. The molecule has 0 saturated carbocycles. The second-order valence-electron chi connectivity index (χ2n) is 7.19. The van der Waals surface area contributed by atoms with Crippen molar-refractivity contribution in [3.8, 4) is 0 Å². The van der Waals surface area contributed by atoms with Crippen molar-refractivity contribution in [2.75, 3.05) is 44.4 Å². The Morgan fingerprint density at radius 3 is 2.48 bits per heavy atom. The molecule has 0 bridgehead atoms. The minimum atomic E-state index is -3.59. The van der Waals surface area contributed by atoms with Gasteiger partial charge in [-0.3, -0.25) is 4.79 Å². The fourth-order valence-electron chi connectivity index (χ4n) is 3.21. The highest BCUT2D eigenvalue weighted by Crippen LogP contribution is 2.18. The molecule has 2 heterocycles. The van der Waals surface area contributed by atoms with Gasteiger partial charge in [0.2, 0.25) is 10.0 Å². The lowest BCUT2D eigenvalue weighted by Crippen LogP contribution is -2.40. The van der Waals surface area contributed by atoms with E-state index < -0.39 is 44.4 Å². The van der Waals surface area contributed by atoms with Gasteiger partial charge >= 0.3 is 5.97 Å². The fraction of sp³-hybridized carbons (Fsp3) is 0.474. The summed E-state index contributed by atoms with van der Waals surface area (Å²) in [5.74, 6) is -1.39. The molecular formula is C19H24N2O8S2. The first kappa shape index (κ1) is 23.4. The van der Waals surface area contributed by atoms with E-state index in [4.69, 9.17) is 9.47 Å². The minimum Gasteiger partial charge on any atom is -0.452 e. The zero-order chi connectivity index (χ0) is 22.5. The van der Waals surface area contributed by atoms with E-state index in [0.29, 0.717) is 38.3 Å². The lowest BCUT2D eigenvalue weighted by atomic mass is 10.2. The van der Waals surface area contributed by atoms with Crippen LogP contribution < -0.4 is 5.32 Å². The fourth-order valence-corrected chi connectivity index (χ4v) is 6.30. The molecule has 1 unspecified atom stereocenters. The van der Waals surface area contributed by atoms with Gasteiger partial charge in [-0.1, -0.05) is 12.1 Å². The average molecular weight is 473 g/mol. The maximum atomic E-state index is 12.6. The van der Waals surface area contributed by atoms with E-state index in [2.05, 4.69) is 5.32 Å². The van der Waals surface area contributed by atoms with Gasteiger partial charge in [-0.15, -0.1) is 0 Å². The summed E-state index contributed by atoms with van der Waals surface area (Å²) in [6.07, 6.45) is 2.91. The Morgan fingerprint density at radius 2 is 1.87 bits per heavy atom. The molecule has 0 radical (unpaired) electrons. The Hall–Kier alpha value is -2.28. The first-order valence-electron chi connectivity index (χ1n) is 9.68. The molecule has 0 aromatic heterocycles. The Kier molecular flexibility index (Phi) is 7.46. The van der Waals surface area contributed by atoms with E-state index in [0.717, 1.165) is 6.08 Å². The SMILES string of the molecule is O=C(COC(=O)C=Cc1ccc(S(=O)(=O)N2CCOCC2)cc1)NC1CCS(=O)(=O)C1. The first-order chi connectivity index (χ1) is 14.7. The van der Waals surface area contributed by atoms with Crippen molar-refractivity contribution < 1.29 is 35.9 Å². The monoisotopic (exact) mass is 472 g/mol. The van der Waals surface area contributed by atoms with Crippen LogP contribution in [0.5, 0.6) is 0 Å². The third-order valence-corrected chi connectivity index (χ3v) is 8.52. The number of nitrogens with one attached hydrogen (secondary N) is 1. The highest BCUT2D eigenvalue weighted by atomic mass is 32.2. The standard InChI is InChI=1S/C19H24N2O8S2/c22-18(20-16-7-12-30(24,25)14-16)13-29-19(23)6-3-15-1-4-17(5-2-15)31(26,27)21-8-10-28-11-9-21/h1-6,16H,7-14H2,(H,20,22). The highest BCUT2D eigenvalue weighted by molar-refractivity contribution is 7.91. The summed E-state index contributed by atoms with van der Waals surface area (Å²) < 4.78 is 59.3. The van der Waals surface area contributed by atoms with Crippen LogP contribution in [0.25, 0.3) is 6.08 Å². The molecular weight excluding hydrogens is 448 g/mol. The Labute approximate surface area is 181 Å². The molecule has 2 aliphatic rings. The molecule has 3 rings (SSSR count). The van der Waals surface area contributed by atoms with Crippen LogP contribution in [0, 0.1) is 0 Å². The highest BCUT2D eigenvalue weighted by Gasteiger charge is 2.29. The number of hydrogen-bond donors (Lipinski definition) is 1. The topological polar surface area (TPSA) is 136 Å². The van der Waals surface area contributed by atoms with Crippen LogP contribution in [-0.4, -0.2) is 83.5 Å². The summed E-state index contributed by atoms with van der Waals surface area (Å²) in [4.78, 5) is 23.7. The Bertz CT molecular complexity index is 1040. The summed E-state index contributed by atoms with van der Waals surface area (Å²) in [6, 6.07) is 5.57. The maximum Gasteiger partial charge on any atom is 0.331 e. The van der Waals surface area contributed by atoms with Gasteiger partial charge in [-0.2, -0.15) is 4.31 Å². The molecule has 2 saturated heterocycles. The third-order valence-electron chi connectivity index (χ3n) is 4.84. The maximum absolute atomic E-state index is 12.6. The first-order valence-corrected chi connectivity index (χ1v) is 12.9. The number of esters is 1. The molecule has 1 N–H and O–H groups in total. The summed E-state index contributed by atoms with van der Waals surface area (Å²) in [6.45, 7) is 0.816. The van der Waals surface area contributed by atoms with Crippen LogP contribution in [0.3, 0.4) is 0 Å². The second-order valence-corrected chi connectivity index (χ2v) is 11.4. The molecule has 0 aliphatic carbocycles. The quantitative estimate of drug-likeness (QED) is 0.417. The van der Waals surface area contributed by atoms with Crippen molar-refractivity contribution in [3.63, 3.8) is 0 Å². The molecule has 0 spiro atoms. The number of rotatable bonds is 7. The number of benzene rings is 1. The number of amides is 1. The van der Waals surface area contributed by atoms with Gasteiger partial charge in [0.25, 0.3) is 5.91 Å². The van der Waals surface area contributed by atoms with Crippen LogP contribution in [0.15, 0.2) is 35.2 Å². The van der Waals surface area contributed by atoms with Crippen molar-refractivity contribution in [3.05, 3.63) is 35.9 Å². The molecule has 1 atom stereocenters. The van der Waals surface area contributed by atoms with Crippen LogP contribution in [-0.2, 0) is 38.9 Å². The Balaban J connectivity index is 1.47. The van der Waals surface area contributed by atoms with Gasteiger partial charge in [-0.25, -0.2) is 21.6 Å². The smallest absolute Gasteiger partial charge is 0.331 e.